The third-order valence-electron chi connectivity index (χ3n) is 3.76. The van der Waals surface area contributed by atoms with Crippen LogP contribution in [0.4, 0.5) is 13.2 Å². The van der Waals surface area contributed by atoms with Crippen molar-refractivity contribution < 1.29 is 18.0 Å². The van der Waals surface area contributed by atoms with Gasteiger partial charge in [0.05, 0.1) is 16.1 Å². The highest BCUT2D eigenvalue weighted by molar-refractivity contribution is 6.33. The van der Waals surface area contributed by atoms with Crippen molar-refractivity contribution in [1.82, 2.24) is 16.0 Å². The third-order valence-corrected chi connectivity index (χ3v) is 4.09. The number of hydrogen-bond acceptors (Lipinski definition) is 2. The Balaban J connectivity index is 1.78. The molecule has 0 aliphatic heterocycles. The van der Waals surface area contributed by atoms with E-state index in [-0.39, 0.29) is 12.5 Å². The lowest BCUT2D eigenvalue weighted by Gasteiger charge is -2.13. The van der Waals surface area contributed by atoms with E-state index in [1.165, 1.54) is 6.07 Å². The molecule has 0 aliphatic rings. The normalized spacial score (nSPS) is 11.8. The van der Waals surface area contributed by atoms with Gasteiger partial charge in [-0.15, -0.1) is 0 Å². The molecule has 0 saturated carbocycles. The molecular formula is C19H20ClF3N4O. The zero-order chi connectivity index (χ0) is 20.6. The van der Waals surface area contributed by atoms with Crippen LogP contribution < -0.4 is 16.0 Å². The van der Waals surface area contributed by atoms with Crippen molar-refractivity contribution in [3.63, 3.8) is 0 Å². The van der Waals surface area contributed by atoms with E-state index in [0.29, 0.717) is 35.2 Å². The molecule has 0 radical (unpaired) electrons. The Morgan fingerprint density at radius 2 is 1.75 bits per heavy atom. The van der Waals surface area contributed by atoms with Gasteiger partial charge in [-0.2, -0.15) is 13.2 Å². The van der Waals surface area contributed by atoms with Gasteiger partial charge in [0.25, 0.3) is 5.91 Å². The maximum Gasteiger partial charge on any atom is 0.416 e. The van der Waals surface area contributed by atoms with Crippen LogP contribution in [0.1, 0.15) is 21.5 Å². The number of nitrogens with one attached hydrogen (secondary N) is 3. The van der Waals surface area contributed by atoms with Gasteiger partial charge in [0.2, 0.25) is 0 Å². The highest BCUT2D eigenvalue weighted by atomic mass is 35.5. The van der Waals surface area contributed by atoms with E-state index in [1.807, 2.05) is 0 Å². The second-order valence-corrected chi connectivity index (χ2v) is 6.19. The molecule has 5 nitrogen and oxygen atoms in total. The average Bonchev–Trinajstić information content (AvgIpc) is 2.67. The smallest absolute Gasteiger partial charge is 0.355 e. The lowest BCUT2D eigenvalue weighted by Crippen LogP contribution is -2.41. The summed E-state index contributed by atoms with van der Waals surface area (Å²) in [4.78, 5) is 16.0. The van der Waals surface area contributed by atoms with Gasteiger partial charge in [-0.1, -0.05) is 35.9 Å². The van der Waals surface area contributed by atoms with Gasteiger partial charge in [-0.05, 0) is 29.8 Å². The number of hydrogen-bond donors (Lipinski definition) is 3. The Morgan fingerprint density at radius 1 is 1.04 bits per heavy atom. The van der Waals surface area contributed by atoms with Crippen LogP contribution in [0.25, 0.3) is 0 Å². The molecular weight excluding hydrogens is 393 g/mol. The molecule has 0 aliphatic carbocycles. The molecule has 2 aromatic carbocycles. The van der Waals surface area contributed by atoms with E-state index in [0.717, 1.165) is 12.1 Å². The number of aliphatic imine (C=N–C) groups is 1. The van der Waals surface area contributed by atoms with Crippen molar-refractivity contribution in [3.05, 3.63) is 70.2 Å². The molecule has 0 atom stereocenters. The minimum Gasteiger partial charge on any atom is -0.355 e. The Kier molecular flexibility index (Phi) is 7.69. The van der Waals surface area contributed by atoms with Crippen molar-refractivity contribution in [2.24, 2.45) is 4.99 Å². The topological polar surface area (TPSA) is 65.5 Å². The highest BCUT2D eigenvalue weighted by Crippen LogP contribution is 2.29. The quantitative estimate of drug-likeness (QED) is 0.387. The number of amides is 1. The molecule has 3 N–H and O–H groups in total. The summed E-state index contributed by atoms with van der Waals surface area (Å²) in [6.07, 6.45) is -4.38. The Labute approximate surface area is 166 Å². The van der Waals surface area contributed by atoms with Crippen LogP contribution in [0.5, 0.6) is 0 Å². The number of carbonyl (C=O) groups is 1. The second kappa shape index (κ2) is 9.98. The predicted molar refractivity (Wildman–Crippen MR) is 103 cm³/mol. The molecule has 9 heteroatoms. The SMILES string of the molecule is CN=C(NCCNC(=O)c1ccccc1Cl)NCc1cccc(C(F)(F)F)c1. The number of nitrogens with zero attached hydrogens (tertiary/aromatic N) is 1. The van der Waals surface area contributed by atoms with Crippen LogP contribution in [0.2, 0.25) is 5.02 Å². The molecule has 1 amide bonds. The lowest BCUT2D eigenvalue weighted by atomic mass is 10.1. The molecule has 0 fully saturated rings. The largest absolute Gasteiger partial charge is 0.416 e. The lowest BCUT2D eigenvalue weighted by molar-refractivity contribution is -0.137. The monoisotopic (exact) mass is 412 g/mol. The van der Waals surface area contributed by atoms with E-state index >= 15 is 0 Å². The van der Waals surface area contributed by atoms with Crippen LogP contribution >= 0.6 is 11.6 Å². The summed E-state index contributed by atoms with van der Waals surface area (Å²) in [7, 11) is 1.55. The molecule has 150 valence electrons. The van der Waals surface area contributed by atoms with Crippen molar-refractivity contribution >= 4 is 23.5 Å². The zero-order valence-electron chi connectivity index (χ0n) is 15.1. The fourth-order valence-corrected chi connectivity index (χ4v) is 2.58. The number of guanidine groups is 1. The Hall–Kier alpha value is -2.74. The summed E-state index contributed by atoms with van der Waals surface area (Å²) in [6.45, 7) is 0.863. The highest BCUT2D eigenvalue weighted by Gasteiger charge is 2.30. The van der Waals surface area contributed by atoms with Gasteiger partial charge in [-0.3, -0.25) is 9.79 Å². The molecule has 0 unspecified atom stereocenters. The van der Waals surface area contributed by atoms with E-state index in [4.69, 9.17) is 11.6 Å². The van der Waals surface area contributed by atoms with Gasteiger partial charge in [0, 0.05) is 26.7 Å². The number of carbonyl (C=O) groups excluding carboxylic acids is 1. The summed E-state index contributed by atoms with van der Waals surface area (Å²) in [5, 5.41) is 9.00. The maximum atomic E-state index is 12.8. The standard InChI is InChI=1S/C19H20ClF3N4O/c1-24-18(27-12-13-5-4-6-14(11-13)19(21,22)23)26-10-9-25-17(28)15-7-2-3-8-16(15)20/h2-8,11H,9-10,12H2,1H3,(H,25,28)(H2,24,26,27). The van der Waals surface area contributed by atoms with Crippen molar-refractivity contribution in [2.75, 3.05) is 20.1 Å². The first kappa shape index (κ1) is 21.6. The van der Waals surface area contributed by atoms with E-state index < -0.39 is 11.7 Å². The first-order valence-electron chi connectivity index (χ1n) is 8.44. The average molecular weight is 413 g/mol. The molecule has 0 bridgehead atoms. The third kappa shape index (κ3) is 6.45. The van der Waals surface area contributed by atoms with Crippen molar-refractivity contribution in [2.45, 2.75) is 12.7 Å². The van der Waals surface area contributed by atoms with Gasteiger partial charge in [-0.25, -0.2) is 0 Å². The molecule has 0 aromatic heterocycles. The van der Waals surface area contributed by atoms with Crippen LogP contribution in [0, 0.1) is 0 Å². The summed E-state index contributed by atoms with van der Waals surface area (Å²) in [5.74, 6) is 0.115. The Morgan fingerprint density at radius 3 is 2.43 bits per heavy atom. The second-order valence-electron chi connectivity index (χ2n) is 5.79. The Bertz CT molecular complexity index is 840. The molecule has 0 heterocycles. The molecule has 28 heavy (non-hydrogen) atoms. The van der Waals surface area contributed by atoms with Crippen LogP contribution in [-0.4, -0.2) is 32.0 Å². The van der Waals surface area contributed by atoms with Crippen molar-refractivity contribution in [1.29, 1.82) is 0 Å². The minimum atomic E-state index is -4.38. The number of benzene rings is 2. The van der Waals surface area contributed by atoms with Crippen LogP contribution in [0.3, 0.4) is 0 Å². The fourth-order valence-electron chi connectivity index (χ4n) is 2.36. The maximum absolute atomic E-state index is 12.8. The molecule has 0 spiro atoms. The predicted octanol–water partition coefficient (Wildman–Crippen LogP) is 3.45. The molecule has 0 saturated heterocycles. The van der Waals surface area contributed by atoms with Crippen LogP contribution in [-0.2, 0) is 12.7 Å². The first-order chi connectivity index (χ1) is 13.3. The summed E-state index contributed by atoms with van der Waals surface area (Å²) in [6, 6.07) is 11.8. The van der Waals surface area contributed by atoms with Gasteiger partial charge in [0.15, 0.2) is 5.96 Å². The number of halogens is 4. The summed E-state index contributed by atoms with van der Waals surface area (Å²) >= 11 is 5.97. The molecule has 2 rings (SSSR count). The molecule has 2 aromatic rings. The van der Waals surface area contributed by atoms with Crippen LogP contribution in [0.15, 0.2) is 53.5 Å². The number of rotatable bonds is 6. The van der Waals surface area contributed by atoms with Crippen molar-refractivity contribution in [3.8, 4) is 0 Å². The van der Waals surface area contributed by atoms with E-state index in [2.05, 4.69) is 20.9 Å². The zero-order valence-corrected chi connectivity index (χ0v) is 15.9. The van der Waals surface area contributed by atoms with E-state index in [9.17, 15) is 18.0 Å². The van der Waals surface area contributed by atoms with Gasteiger partial charge < -0.3 is 16.0 Å². The first-order valence-corrected chi connectivity index (χ1v) is 8.82. The fraction of sp³-hybridized carbons (Fsp3) is 0.263. The van der Waals surface area contributed by atoms with Gasteiger partial charge in [0.1, 0.15) is 0 Å². The van der Waals surface area contributed by atoms with E-state index in [1.54, 1.807) is 37.4 Å². The summed E-state index contributed by atoms with van der Waals surface area (Å²) in [5.41, 5.74) is 0.165. The number of alkyl halides is 3. The minimum absolute atomic E-state index is 0.176. The van der Waals surface area contributed by atoms with Gasteiger partial charge >= 0.3 is 6.18 Å². The summed E-state index contributed by atoms with van der Waals surface area (Å²) < 4.78 is 38.3.